The van der Waals surface area contributed by atoms with Gasteiger partial charge in [-0.2, -0.15) is 0 Å². The SMILES string of the molecule is COc1ccc(S(=O)(=O)Nc2ccc(Nc3cc(N4CCCC4)nc(C)n3)cc2)cc1Cl. The molecule has 0 atom stereocenters. The van der Waals surface area contributed by atoms with Crippen LogP contribution in [0.25, 0.3) is 0 Å². The number of nitrogens with one attached hydrogen (secondary N) is 2. The first-order valence-corrected chi connectivity index (χ1v) is 12.0. The van der Waals surface area contributed by atoms with Crippen molar-refractivity contribution in [3.05, 3.63) is 59.4 Å². The molecule has 0 bridgehead atoms. The van der Waals surface area contributed by atoms with Gasteiger partial charge in [-0.3, -0.25) is 4.72 Å². The summed E-state index contributed by atoms with van der Waals surface area (Å²) in [5, 5.41) is 3.49. The van der Waals surface area contributed by atoms with Gasteiger partial charge in [0.25, 0.3) is 10.0 Å². The first-order chi connectivity index (χ1) is 15.3. The lowest BCUT2D eigenvalue weighted by molar-refractivity contribution is 0.414. The number of anilines is 4. The maximum Gasteiger partial charge on any atom is 0.261 e. The quantitative estimate of drug-likeness (QED) is 0.518. The van der Waals surface area contributed by atoms with E-state index in [0.717, 1.165) is 24.6 Å². The third kappa shape index (κ3) is 5.05. The van der Waals surface area contributed by atoms with Crippen LogP contribution in [0.5, 0.6) is 5.75 Å². The monoisotopic (exact) mass is 473 g/mol. The van der Waals surface area contributed by atoms with Crippen LogP contribution in [0.3, 0.4) is 0 Å². The Morgan fingerprint density at radius 3 is 2.34 bits per heavy atom. The zero-order chi connectivity index (χ0) is 22.7. The third-order valence-corrected chi connectivity index (χ3v) is 6.77. The predicted molar refractivity (Wildman–Crippen MR) is 127 cm³/mol. The van der Waals surface area contributed by atoms with Gasteiger partial charge in [-0.25, -0.2) is 18.4 Å². The molecule has 1 aliphatic rings. The van der Waals surface area contributed by atoms with Gasteiger partial charge >= 0.3 is 0 Å². The van der Waals surface area contributed by atoms with Gasteiger partial charge < -0.3 is 15.0 Å². The topological polar surface area (TPSA) is 96.5 Å². The van der Waals surface area contributed by atoms with Crippen molar-refractivity contribution < 1.29 is 13.2 Å². The van der Waals surface area contributed by atoms with E-state index in [4.69, 9.17) is 16.3 Å². The minimum Gasteiger partial charge on any atom is -0.495 e. The lowest BCUT2D eigenvalue weighted by Gasteiger charge is -2.18. The molecule has 4 rings (SSSR count). The molecular weight excluding hydrogens is 450 g/mol. The molecule has 0 saturated carbocycles. The molecule has 1 aromatic heterocycles. The standard InChI is InChI=1S/C22H24ClN5O3S/c1-15-24-21(14-22(25-15)28-11-3-4-12-28)26-16-5-7-17(8-6-16)27-32(29,30)18-9-10-20(31-2)19(23)13-18/h5-10,13-14,27H,3-4,11-12H2,1-2H3,(H,24,25,26). The van der Waals surface area contributed by atoms with Crippen LogP contribution in [-0.2, 0) is 10.0 Å². The van der Waals surface area contributed by atoms with Crippen molar-refractivity contribution in [2.45, 2.75) is 24.7 Å². The highest BCUT2D eigenvalue weighted by molar-refractivity contribution is 7.92. The van der Waals surface area contributed by atoms with Gasteiger partial charge in [0.2, 0.25) is 0 Å². The molecule has 2 N–H and O–H groups in total. The second kappa shape index (κ2) is 9.22. The molecule has 0 radical (unpaired) electrons. The molecule has 0 spiro atoms. The average molecular weight is 474 g/mol. The molecule has 1 fully saturated rings. The van der Waals surface area contributed by atoms with Gasteiger partial charge in [0.05, 0.1) is 17.0 Å². The Morgan fingerprint density at radius 1 is 1.00 bits per heavy atom. The maximum atomic E-state index is 12.7. The maximum absolute atomic E-state index is 12.7. The van der Waals surface area contributed by atoms with Crippen molar-refractivity contribution in [3.8, 4) is 5.75 Å². The normalized spacial score (nSPS) is 13.8. The Hall–Kier alpha value is -3.04. The van der Waals surface area contributed by atoms with Crippen molar-refractivity contribution >= 4 is 44.6 Å². The van der Waals surface area contributed by atoms with Gasteiger partial charge in [-0.1, -0.05) is 11.6 Å². The Balaban J connectivity index is 1.47. The number of aryl methyl sites for hydroxylation is 1. The van der Waals surface area contributed by atoms with E-state index in [0.29, 0.717) is 23.1 Å². The largest absolute Gasteiger partial charge is 0.495 e. The number of rotatable bonds is 7. The summed E-state index contributed by atoms with van der Waals surface area (Å²) in [6.07, 6.45) is 2.35. The van der Waals surface area contributed by atoms with E-state index in [1.54, 1.807) is 24.3 Å². The number of sulfonamides is 1. The van der Waals surface area contributed by atoms with E-state index in [1.165, 1.54) is 38.2 Å². The highest BCUT2D eigenvalue weighted by Gasteiger charge is 2.17. The van der Waals surface area contributed by atoms with Gasteiger partial charge in [-0.05, 0) is 62.2 Å². The number of halogens is 1. The fourth-order valence-electron chi connectivity index (χ4n) is 3.52. The number of aromatic nitrogens is 2. The van der Waals surface area contributed by atoms with Crippen LogP contribution in [0, 0.1) is 6.92 Å². The minimum atomic E-state index is -3.79. The van der Waals surface area contributed by atoms with Crippen molar-refractivity contribution in [1.82, 2.24) is 9.97 Å². The molecule has 1 aliphatic heterocycles. The molecular formula is C22H24ClN5O3S. The molecule has 168 valence electrons. The molecule has 3 aromatic rings. The van der Waals surface area contributed by atoms with Crippen LogP contribution < -0.4 is 19.7 Å². The zero-order valence-electron chi connectivity index (χ0n) is 17.8. The van der Waals surface area contributed by atoms with Gasteiger partial charge in [-0.15, -0.1) is 0 Å². The van der Waals surface area contributed by atoms with Crippen molar-refractivity contribution in [2.75, 3.05) is 35.1 Å². The van der Waals surface area contributed by atoms with Crippen LogP contribution in [0.1, 0.15) is 18.7 Å². The van der Waals surface area contributed by atoms with Crippen LogP contribution in [0.2, 0.25) is 5.02 Å². The second-order valence-corrected chi connectivity index (χ2v) is 9.55. The fourth-order valence-corrected chi connectivity index (χ4v) is 4.93. The molecule has 8 nitrogen and oxygen atoms in total. The van der Waals surface area contributed by atoms with E-state index in [2.05, 4.69) is 24.9 Å². The summed E-state index contributed by atoms with van der Waals surface area (Å²) in [6, 6.07) is 13.2. The van der Waals surface area contributed by atoms with E-state index in [9.17, 15) is 8.42 Å². The third-order valence-electron chi connectivity index (χ3n) is 5.10. The minimum absolute atomic E-state index is 0.0522. The lowest BCUT2D eigenvalue weighted by atomic mass is 10.3. The second-order valence-electron chi connectivity index (χ2n) is 7.46. The van der Waals surface area contributed by atoms with Crippen LogP contribution in [-0.4, -0.2) is 38.6 Å². The molecule has 10 heteroatoms. The Bertz CT molecular complexity index is 1210. The molecule has 1 saturated heterocycles. The molecule has 0 unspecified atom stereocenters. The fraction of sp³-hybridized carbons (Fsp3) is 0.273. The van der Waals surface area contributed by atoms with Crippen LogP contribution in [0.15, 0.2) is 53.4 Å². The lowest BCUT2D eigenvalue weighted by Crippen LogP contribution is -2.19. The molecule has 0 amide bonds. The first-order valence-electron chi connectivity index (χ1n) is 10.2. The van der Waals surface area contributed by atoms with Gasteiger partial charge in [0, 0.05) is 30.5 Å². The van der Waals surface area contributed by atoms with Crippen molar-refractivity contribution in [2.24, 2.45) is 0 Å². The number of hydrogen-bond donors (Lipinski definition) is 2. The predicted octanol–water partition coefficient (Wildman–Crippen LogP) is 4.59. The molecule has 2 aromatic carbocycles. The molecule has 32 heavy (non-hydrogen) atoms. The van der Waals surface area contributed by atoms with Crippen molar-refractivity contribution in [3.63, 3.8) is 0 Å². The number of benzene rings is 2. The summed E-state index contributed by atoms with van der Waals surface area (Å²) in [5.41, 5.74) is 1.21. The van der Waals surface area contributed by atoms with Gasteiger partial charge in [0.15, 0.2) is 0 Å². The Kier molecular flexibility index (Phi) is 6.38. The highest BCUT2D eigenvalue weighted by Crippen LogP contribution is 2.28. The number of hydrogen-bond acceptors (Lipinski definition) is 7. The van der Waals surface area contributed by atoms with E-state index in [-0.39, 0.29) is 9.92 Å². The summed E-state index contributed by atoms with van der Waals surface area (Å²) < 4.78 is 33.0. The summed E-state index contributed by atoms with van der Waals surface area (Å²) >= 11 is 6.06. The summed E-state index contributed by atoms with van der Waals surface area (Å²) in [6.45, 7) is 3.88. The smallest absolute Gasteiger partial charge is 0.261 e. The van der Waals surface area contributed by atoms with Crippen LogP contribution in [0.4, 0.5) is 23.0 Å². The highest BCUT2D eigenvalue weighted by atomic mass is 35.5. The summed E-state index contributed by atoms with van der Waals surface area (Å²) in [5.74, 6) is 2.72. The Morgan fingerprint density at radius 2 is 1.69 bits per heavy atom. The van der Waals surface area contributed by atoms with Gasteiger partial charge in [0.1, 0.15) is 23.2 Å². The van der Waals surface area contributed by atoms with E-state index < -0.39 is 10.0 Å². The van der Waals surface area contributed by atoms with Crippen molar-refractivity contribution in [1.29, 1.82) is 0 Å². The number of ether oxygens (including phenoxy) is 1. The van der Waals surface area contributed by atoms with E-state index in [1.807, 2.05) is 13.0 Å². The summed E-state index contributed by atoms with van der Waals surface area (Å²) in [7, 11) is -2.32. The number of nitrogens with zero attached hydrogens (tertiary/aromatic N) is 3. The number of methoxy groups -OCH3 is 1. The first kappa shape index (κ1) is 22.2. The Labute approximate surface area is 192 Å². The summed E-state index contributed by atoms with van der Waals surface area (Å²) in [4.78, 5) is 11.3. The molecule has 0 aliphatic carbocycles. The van der Waals surface area contributed by atoms with Crippen LogP contribution >= 0.6 is 11.6 Å². The molecule has 2 heterocycles. The van der Waals surface area contributed by atoms with E-state index >= 15 is 0 Å². The zero-order valence-corrected chi connectivity index (χ0v) is 19.4. The average Bonchev–Trinajstić information content (AvgIpc) is 3.29.